The van der Waals surface area contributed by atoms with Crippen LogP contribution in [0, 0.1) is 10.1 Å². The van der Waals surface area contributed by atoms with E-state index in [0.717, 1.165) is 10.1 Å². The molecule has 0 atom stereocenters. The lowest BCUT2D eigenvalue weighted by atomic mass is 10.2. The molecule has 0 N–H and O–H groups in total. The van der Waals surface area contributed by atoms with Gasteiger partial charge in [-0.1, -0.05) is 11.6 Å². The number of nitro benzene ring substituents is 1. The molecule has 1 heterocycles. The summed E-state index contributed by atoms with van der Waals surface area (Å²) in [6.07, 6.45) is 0. The molecule has 0 aliphatic heterocycles. The minimum atomic E-state index is -0.422. The lowest BCUT2D eigenvalue weighted by Crippen LogP contribution is -1.88. The van der Waals surface area contributed by atoms with E-state index in [4.69, 9.17) is 11.6 Å². The lowest BCUT2D eigenvalue weighted by Gasteiger charge is -1.94. The predicted molar refractivity (Wildman–Crippen MR) is 61.2 cm³/mol. The normalized spacial score (nSPS) is 10.7. The van der Waals surface area contributed by atoms with Gasteiger partial charge in [-0.05, 0) is 28.1 Å². The predicted octanol–water partition coefficient (Wildman–Crippen LogP) is 4.23. The van der Waals surface area contributed by atoms with Crippen LogP contribution in [0.3, 0.4) is 0 Å². The fourth-order valence-electron chi connectivity index (χ4n) is 1.16. The summed E-state index contributed by atoms with van der Waals surface area (Å²) in [5, 5.41) is 11.4. The van der Waals surface area contributed by atoms with Gasteiger partial charge in [0.2, 0.25) is 0 Å². The minimum Gasteiger partial charge on any atom is -0.258 e. The molecule has 0 radical (unpaired) electrons. The van der Waals surface area contributed by atoms with Gasteiger partial charge in [0.1, 0.15) is 0 Å². The maximum Gasteiger partial charge on any atom is 0.284 e. The molecule has 0 unspecified atom stereocenters. The van der Waals surface area contributed by atoms with E-state index in [1.165, 1.54) is 17.4 Å². The highest BCUT2D eigenvalue weighted by Crippen LogP contribution is 2.36. The Labute approximate surface area is 96.6 Å². The van der Waals surface area contributed by atoms with Crippen molar-refractivity contribution in [2.24, 2.45) is 0 Å². The maximum absolute atomic E-state index is 10.6. The fraction of sp³-hybridized carbons (Fsp3) is 0. The van der Waals surface area contributed by atoms with E-state index >= 15 is 0 Å². The molecule has 3 nitrogen and oxygen atoms in total. The van der Waals surface area contributed by atoms with Gasteiger partial charge in [-0.3, -0.25) is 10.1 Å². The summed E-state index contributed by atoms with van der Waals surface area (Å²) in [6.45, 7) is 0. The second-order valence-corrected chi connectivity index (χ2v) is 5.22. The van der Waals surface area contributed by atoms with Crippen molar-refractivity contribution in [2.75, 3.05) is 0 Å². The summed E-state index contributed by atoms with van der Waals surface area (Å²) in [4.78, 5) is 10.2. The first-order chi connectivity index (χ1) is 6.58. The van der Waals surface area contributed by atoms with E-state index in [9.17, 15) is 10.1 Å². The Hall–Kier alpha value is -0.650. The monoisotopic (exact) mass is 291 g/mol. The maximum atomic E-state index is 10.6. The van der Waals surface area contributed by atoms with Gasteiger partial charge in [0, 0.05) is 16.2 Å². The summed E-state index contributed by atoms with van der Waals surface area (Å²) in [5.41, 5.74) is 0.0620. The van der Waals surface area contributed by atoms with Gasteiger partial charge in [0.15, 0.2) is 0 Å². The van der Waals surface area contributed by atoms with Crippen molar-refractivity contribution in [1.82, 2.24) is 0 Å². The molecule has 0 aliphatic carbocycles. The van der Waals surface area contributed by atoms with Crippen LogP contribution < -0.4 is 0 Å². The average Bonchev–Trinajstić information content (AvgIpc) is 2.42. The number of hydrogen-bond donors (Lipinski definition) is 0. The van der Waals surface area contributed by atoms with Crippen molar-refractivity contribution in [3.63, 3.8) is 0 Å². The van der Waals surface area contributed by atoms with Crippen LogP contribution in [-0.4, -0.2) is 4.92 Å². The molecule has 6 heteroatoms. The average molecular weight is 293 g/mol. The molecule has 0 saturated heterocycles. The summed E-state index contributed by atoms with van der Waals surface area (Å²) in [6, 6.07) is 4.95. The van der Waals surface area contributed by atoms with Crippen LogP contribution >= 0.6 is 38.9 Å². The molecule has 1 aromatic heterocycles. The Bertz CT molecular complexity index is 525. The van der Waals surface area contributed by atoms with E-state index in [1.807, 2.05) is 0 Å². The van der Waals surface area contributed by atoms with Crippen LogP contribution in [-0.2, 0) is 0 Å². The first kappa shape index (κ1) is 9.89. The van der Waals surface area contributed by atoms with Gasteiger partial charge in [-0.2, -0.15) is 0 Å². The highest BCUT2D eigenvalue weighted by Gasteiger charge is 2.14. The Morgan fingerprint density at radius 3 is 2.79 bits per heavy atom. The zero-order valence-corrected chi connectivity index (χ0v) is 9.82. The number of nitrogens with zero attached hydrogens (tertiary/aromatic N) is 1. The van der Waals surface area contributed by atoms with Gasteiger partial charge in [-0.15, -0.1) is 11.3 Å². The van der Waals surface area contributed by atoms with E-state index in [0.29, 0.717) is 8.81 Å². The van der Waals surface area contributed by atoms with E-state index in [-0.39, 0.29) is 5.69 Å². The molecule has 0 amide bonds. The van der Waals surface area contributed by atoms with E-state index in [2.05, 4.69) is 15.9 Å². The third-order valence-corrected chi connectivity index (χ3v) is 3.61. The Balaban J connectivity index is 2.76. The first-order valence-corrected chi connectivity index (χ1v) is 5.59. The van der Waals surface area contributed by atoms with Crippen LogP contribution in [0.15, 0.2) is 22.7 Å². The van der Waals surface area contributed by atoms with Crippen molar-refractivity contribution in [2.45, 2.75) is 0 Å². The van der Waals surface area contributed by atoms with Crippen molar-refractivity contribution >= 4 is 54.6 Å². The smallest absolute Gasteiger partial charge is 0.258 e. The molecular formula is C8H3BrClNO2S. The number of thiophene rings is 1. The van der Waals surface area contributed by atoms with Crippen molar-refractivity contribution in [1.29, 1.82) is 0 Å². The minimum absolute atomic E-state index is 0.0620. The zero-order chi connectivity index (χ0) is 10.3. The van der Waals surface area contributed by atoms with Gasteiger partial charge in [0.05, 0.1) is 13.7 Å². The number of hydrogen-bond acceptors (Lipinski definition) is 3. The summed E-state index contributed by atoms with van der Waals surface area (Å²) < 4.78 is 2.05. The van der Waals surface area contributed by atoms with Crippen LogP contribution in [0.4, 0.5) is 5.69 Å². The topological polar surface area (TPSA) is 43.1 Å². The highest BCUT2D eigenvalue weighted by atomic mass is 79.9. The van der Waals surface area contributed by atoms with E-state index < -0.39 is 4.92 Å². The van der Waals surface area contributed by atoms with Crippen LogP contribution in [0.5, 0.6) is 0 Å². The lowest BCUT2D eigenvalue weighted by molar-refractivity contribution is -0.385. The molecule has 0 spiro atoms. The van der Waals surface area contributed by atoms with E-state index in [1.54, 1.807) is 12.1 Å². The molecule has 0 aliphatic rings. The largest absolute Gasteiger partial charge is 0.284 e. The zero-order valence-electron chi connectivity index (χ0n) is 6.66. The van der Waals surface area contributed by atoms with Crippen molar-refractivity contribution in [3.8, 4) is 0 Å². The van der Waals surface area contributed by atoms with Crippen LogP contribution in [0.25, 0.3) is 10.1 Å². The number of nitro groups is 1. The molecule has 2 aromatic rings. The molecule has 0 fully saturated rings. The first-order valence-electron chi connectivity index (χ1n) is 3.61. The number of halogens is 2. The molecular weight excluding hydrogens is 290 g/mol. The summed E-state index contributed by atoms with van der Waals surface area (Å²) in [5.74, 6) is 0. The standard InChI is InChI=1S/C8H3BrClNO2S/c9-5-3-7-4(2-8(10)14-7)1-6(5)11(12)13/h1-3H. The van der Waals surface area contributed by atoms with Crippen LogP contribution in [0.2, 0.25) is 4.34 Å². The second kappa shape index (κ2) is 3.49. The molecule has 0 bridgehead atoms. The highest BCUT2D eigenvalue weighted by molar-refractivity contribution is 9.10. The van der Waals surface area contributed by atoms with Gasteiger partial charge in [-0.25, -0.2) is 0 Å². The molecule has 1 aromatic carbocycles. The summed E-state index contributed by atoms with van der Waals surface area (Å²) in [7, 11) is 0. The van der Waals surface area contributed by atoms with Crippen molar-refractivity contribution in [3.05, 3.63) is 37.1 Å². The SMILES string of the molecule is O=[N+]([O-])c1cc2cc(Cl)sc2cc1Br. The third kappa shape index (κ3) is 1.63. The van der Waals surface area contributed by atoms with Gasteiger partial charge in [0.25, 0.3) is 5.69 Å². The molecule has 2 rings (SSSR count). The summed E-state index contributed by atoms with van der Waals surface area (Å²) >= 11 is 10.3. The fourth-order valence-corrected chi connectivity index (χ4v) is 2.97. The van der Waals surface area contributed by atoms with Crippen LogP contribution in [0.1, 0.15) is 0 Å². The number of rotatable bonds is 1. The Morgan fingerprint density at radius 2 is 2.14 bits per heavy atom. The van der Waals surface area contributed by atoms with Crippen molar-refractivity contribution < 1.29 is 4.92 Å². The quantitative estimate of drug-likeness (QED) is 0.583. The third-order valence-electron chi connectivity index (χ3n) is 1.75. The molecule has 72 valence electrons. The Kier molecular flexibility index (Phi) is 2.47. The number of fused-ring (bicyclic) bond motifs is 1. The van der Waals surface area contributed by atoms with Gasteiger partial charge < -0.3 is 0 Å². The number of benzene rings is 1. The Morgan fingerprint density at radius 1 is 1.43 bits per heavy atom. The van der Waals surface area contributed by atoms with Gasteiger partial charge >= 0.3 is 0 Å². The molecule has 14 heavy (non-hydrogen) atoms. The second-order valence-electron chi connectivity index (χ2n) is 2.65. The molecule has 0 saturated carbocycles.